The molecule has 1 saturated carbocycles. The van der Waals surface area contributed by atoms with Crippen molar-refractivity contribution in [2.45, 2.75) is 25.1 Å². The molecule has 1 fully saturated rings. The summed E-state index contributed by atoms with van der Waals surface area (Å²) < 4.78 is 4.60. The van der Waals surface area contributed by atoms with Gasteiger partial charge in [-0.25, -0.2) is 0 Å². The number of esters is 1. The summed E-state index contributed by atoms with van der Waals surface area (Å²) in [5.74, 6) is 0.549. The topological polar surface area (TPSA) is 38.3 Å². The summed E-state index contributed by atoms with van der Waals surface area (Å²) in [5, 5.41) is 3.27. The van der Waals surface area contributed by atoms with E-state index in [2.05, 4.69) is 39.8 Å². The summed E-state index contributed by atoms with van der Waals surface area (Å²) in [6.45, 7) is 6.17. The third-order valence-corrected chi connectivity index (χ3v) is 3.59. The second-order valence-electron chi connectivity index (χ2n) is 4.54. The largest absolute Gasteiger partial charge is 0.468 e. The number of carbonyl (C=O) groups excluding carboxylic acids is 1. The fourth-order valence-electron chi connectivity index (χ4n) is 1.52. The van der Waals surface area contributed by atoms with Crippen molar-refractivity contribution in [2.75, 3.05) is 20.2 Å². The first kappa shape index (κ1) is 12.0. The van der Waals surface area contributed by atoms with E-state index in [1.165, 1.54) is 13.5 Å². The summed E-state index contributed by atoms with van der Waals surface area (Å²) in [6, 6.07) is 0. The van der Waals surface area contributed by atoms with Crippen LogP contribution in [0, 0.1) is 11.3 Å². The minimum Gasteiger partial charge on any atom is -0.468 e. The van der Waals surface area contributed by atoms with Crippen LogP contribution in [0.15, 0.2) is 0 Å². The predicted octanol–water partition coefficient (Wildman–Crippen LogP) is 1.56. The fourth-order valence-corrected chi connectivity index (χ4v) is 1.94. The smallest absolute Gasteiger partial charge is 0.320 e. The average Bonchev–Trinajstić information content (AvgIpc) is 2.72. The maximum Gasteiger partial charge on any atom is 0.320 e. The first-order chi connectivity index (χ1) is 6.47. The minimum absolute atomic E-state index is 0.215. The van der Waals surface area contributed by atoms with Crippen LogP contribution < -0.4 is 5.32 Å². The molecule has 4 heteroatoms. The van der Waals surface area contributed by atoms with E-state index in [9.17, 15) is 4.79 Å². The Morgan fingerprint density at radius 3 is 2.71 bits per heavy atom. The zero-order valence-electron chi connectivity index (χ0n) is 8.97. The van der Waals surface area contributed by atoms with Crippen LogP contribution in [0.25, 0.3) is 0 Å². The molecule has 0 spiro atoms. The Hall–Kier alpha value is -0.0900. The fraction of sp³-hybridized carbons (Fsp3) is 0.900. The van der Waals surface area contributed by atoms with Crippen molar-refractivity contribution in [1.82, 2.24) is 5.32 Å². The van der Waals surface area contributed by atoms with Crippen LogP contribution in [-0.4, -0.2) is 31.0 Å². The lowest BCUT2D eigenvalue weighted by molar-refractivity contribution is -0.139. The number of alkyl halides is 1. The van der Waals surface area contributed by atoms with Gasteiger partial charge in [-0.1, -0.05) is 29.8 Å². The third kappa shape index (κ3) is 3.24. The first-order valence-corrected chi connectivity index (χ1v) is 5.81. The Morgan fingerprint density at radius 1 is 1.71 bits per heavy atom. The number of ether oxygens (including phenoxy) is 1. The molecule has 0 heterocycles. The van der Waals surface area contributed by atoms with E-state index in [-0.39, 0.29) is 10.8 Å². The van der Waals surface area contributed by atoms with Gasteiger partial charge < -0.3 is 10.1 Å². The van der Waals surface area contributed by atoms with Crippen molar-refractivity contribution < 1.29 is 9.53 Å². The van der Waals surface area contributed by atoms with Gasteiger partial charge in [0.05, 0.1) is 7.11 Å². The van der Waals surface area contributed by atoms with Crippen molar-refractivity contribution in [2.24, 2.45) is 11.3 Å². The van der Waals surface area contributed by atoms with Crippen LogP contribution in [0.5, 0.6) is 0 Å². The summed E-state index contributed by atoms with van der Waals surface area (Å²) in [4.78, 5) is 10.8. The van der Waals surface area contributed by atoms with E-state index in [0.717, 1.165) is 12.5 Å². The van der Waals surface area contributed by atoms with Crippen molar-refractivity contribution >= 4 is 21.9 Å². The number of halogens is 1. The molecule has 0 aliphatic heterocycles. The molecular formula is C10H18BrNO2. The molecule has 14 heavy (non-hydrogen) atoms. The lowest BCUT2D eigenvalue weighted by Crippen LogP contribution is -2.31. The zero-order valence-corrected chi connectivity index (χ0v) is 10.6. The van der Waals surface area contributed by atoms with Crippen molar-refractivity contribution in [3.63, 3.8) is 0 Å². The molecule has 1 aliphatic carbocycles. The van der Waals surface area contributed by atoms with Gasteiger partial charge in [-0.3, -0.25) is 4.79 Å². The molecular weight excluding hydrogens is 246 g/mol. The Morgan fingerprint density at radius 2 is 2.29 bits per heavy atom. The normalized spacial score (nSPS) is 25.6. The third-order valence-electron chi connectivity index (χ3n) is 2.89. The number of nitrogens with one attached hydrogen (secondary N) is 1. The van der Waals surface area contributed by atoms with E-state index in [0.29, 0.717) is 12.0 Å². The van der Waals surface area contributed by atoms with Crippen molar-refractivity contribution in [1.29, 1.82) is 0 Å². The molecule has 1 rings (SSSR count). The predicted molar refractivity (Wildman–Crippen MR) is 59.5 cm³/mol. The lowest BCUT2D eigenvalue weighted by Gasteiger charge is -2.09. The number of hydrogen-bond acceptors (Lipinski definition) is 3. The Balaban J connectivity index is 2.07. The maximum absolute atomic E-state index is 11.0. The van der Waals surface area contributed by atoms with E-state index >= 15 is 0 Å². The highest BCUT2D eigenvalue weighted by Crippen LogP contribution is 2.50. The molecule has 1 aliphatic rings. The Kier molecular flexibility index (Phi) is 3.95. The highest BCUT2D eigenvalue weighted by molar-refractivity contribution is 9.10. The molecule has 1 N–H and O–H groups in total. The second kappa shape index (κ2) is 4.62. The molecule has 3 nitrogen and oxygen atoms in total. The highest BCUT2D eigenvalue weighted by atomic mass is 79.9. The van der Waals surface area contributed by atoms with E-state index in [4.69, 9.17) is 0 Å². The van der Waals surface area contributed by atoms with Crippen molar-refractivity contribution in [3.8, 4) is 0 Å². The van der Waals surface area contributed by atoms with Gasteiger partial charge in [0.1, 0.15) is 4.83 Å². The summed E-state index contributed by atoms with van der Waals surface area (Å²) >= 11 is 3.27. The number of methoxy groups -OCH3 is 1. The molecule has 2 unspecified atom stereocenters. The quantitative estimate of drug-likeness (QED) is 0.605. The molecule has 0 aromatic heterocycles. The van der Waals surface area contributed by atoms with E-state index in [1.54, 1.807) is 0 Å². The number of rotatable bonds is 5. The van der Waals surface area contributed by atoms with Gasteiger partial charge in [0.2, 0.25) is 0 Å². The molecule has 82 valence electrons. The van der Waals surface area contributed by atoms with Crippen LogP contribution in [0.4, 0.5) is 0 Å². The monoisotopic (exact) mass is 263 g/mol. The SMILES string of the molecule is COC(=O)C(Br)CNCC1CC1(C)C. The molecule has 0 aromatic carbocycles. The number of carbonyl (C=O) groups is 1. The summed E-state index contributed by atoms with van der Waals surface area (Å²) in [7, 11) is 1.40. The number of hydrogen-bond donors (Lipinski definition) is 1. The molecule has 0 radical (unpaired) electrons. The van der Waals surface area contributed by atoms with Crippen LogP contribution in [0.1, 0.15) is 20.3 Å². The van der Waals surface area contributed by atoms with E-state index in [1.807, 2.05) is 0 Å². The summed E-state index contributed by atoms with van der Waals surface area (Å²) in [6.07, 6.45) is 1.28. The van der Waals surface area contributed by atoms with Crippen molar-refractivity contribution in [3.05, 3.63) is 0 Å². The van der Waals surface area contributed by atoms with Crippen LogP contribution >= 0.6 is 15.9 Å². The molecule has 2 atom stereocenters. The zero-order chi connectivity index (χ0) is 10.8. The van der Waals surface area contributed by atoms with Crippen LogP contribution in [0.2, 0.25) is 0 Å². The summed E-state index contributed by atoms with van der Waals surface area (Å²) in [5.41, 5.74) is 0.500. The van der Waals surface area contributed by atoms with Crippen LogP contribution in [0.3, 0.4) is 0 Å². The Bertz CT molecular complexity index is 218. The maximum atomic E-state index is 11.0. The first-order valence-electron chi connectivity index (χ1n) is 4.90. The molecule has 0 aromatic rings. The van der Waals surface area contributed by atoms with Gasteiger partial charge in [0.15, 0.2) is 0 Å². The van der Waals surface area contributed by atoms with Gasteiger partial charge in [-0.2, -0.15) is 0 Å². The molecule has 0 bridgehead atoms. The van der Waals surface area contributed by atoms with Gasteiger partial charge >= 0.3 is 5.97 Å². The van der Waals surface area contributed by atoms with Gasteiger partial charge in [-0.15, -0.1) is 0 Å². The average molecular weight is 264 g/mol. The minimum atomic E-state index is -0.227. The van der Waals surface area contributed by atoms with E-state index < -0.39 is 0 Å². The molecule has 0 saturated heterocycles. The Labute approximate surface area is 93.7 Å². The van der Waals surface area contributed by atoms with Crippen LogP contribution in [-0.2, 0) is 9.53 Å². The van der Waals surface area contributed by atoms with Gasteiger partial charge in [0, 0.05) is 6.54 Å². The van der Waals surface area contributed by atoms with Gasteiger partial charge in [-0.05, 0) is 24.3 Å². The second-order valence-corrected chi connectivity index (χ2v) is 5.64. The van der Waals surface area contributed by atoms with Gasteiger partial charge in [0.25, 0.3) is 0 Å². The standard InChI is InChI=1S/C10H18BrNO2/c1-10(2)4-7(10)5-12-6-8(11)9(13)14-3/h7-8,12H,4-6H2,1-3H3. The molecule has 0 amide bonds. The lowest BCUT2D eigenvalue weighted by atomic mass is 10.1. The highest BCUT2D eigenvalue weighted by Gasteiger charge is 2.44.